The van der Waals surface area contributed by atoms with E-state index >= 15 is 0 Å². The van der Waals surface area contributed by atoms with Crippen molar-refractivity contribution in [3.8, 4) is 0 Å². The summed E-state index contributed by atoms with van der Waals surface area (Å²) in [5.74, 6) is 1.96. The average molecular weight is 210 g/mol. The lowest BCUT2D eigenvalue weighted by molar-refractivity contribution is -0.132. The van der Waals surface area contributed by atoms with Crippen LogP contribution in [0.4, 0.5) is 0 Å². The van der Waals surface area contributed by atoms with Gasteiger partial charge >= 0.3 is 0 Å². The van der Waals surface area contributed by atoms with Crippen molar-refractivity contribution in [1.82, 2.24) is 4.90 Å². The van der Waals surface area contributed by atoms with Crippen molar-refractivity contribution < 1.29 is 4.79 Å². The Morgan fingerprint density at radius 3 is 2.27 bits per heavy atom. The molecule has 2 N–H and O–H groups in total. The lowest BCUT2D eigenvalue weighted by atomic mass is 10.0. The van der Waals surface area contributed by atoms with Crippen LogP contribution in [0.15, 0.2) is 0 Å². The van der Waals surface area contributed by atoms with E-state index in [2.05, 4.69) is 0 Å². The van der Waals surface area contributed by atoms with Gasteiger partial charge in [-0.3, -0.25) is 4.79 Å². The Hall–Kier alpha value is -0.570. The fraction of sp³-hybridized carbons (Fsp3) is 0.917. The summed E-state index contributed by atoms with van der Waals surface area (Å²) in [5.41, 5.74) is 5.90. The fourth-order valence-corrected chi connectivity index (χ4v) is 2.91. The second-order valence-corrected chi connectivity index (χ2v) is 5.46. The average Bonchev–Trinajstić information content (AvgIpc) is 2.74. The van der Waals surface area contributed by atoms with Gasteiger partial charge in [-0.2, -0.15) is 0 Å². The number of carbonyl (C=O) groups excluding carboxylic acids is 1. The topological polar surface area (TPSA) is 46.3 Å². The second kappa shape index (κ2) is 4.12. The summed E-state index contributed by atoms with van der Waals surface area (Å²) in [6.07, 6.45) is 3.98. The third-order valence-corrected chi connectivity index (χ3v) is 4.04. The molecule has 0 bridgehead atoms. The minimum Gasteiger partial charge on any atom is -0.341 e. The number of hydrogen-bond donors (Lipinski definition) is 1. The SMILES string of the molecule is CC(C)C(N)C(=O)N1CC2CCCC2C1. The molecule has 1 aliphatic heterocycles. The molecule has 15 heavy (non-hydrogen) atoms. The summed E-state index contributed by atoms with van der Waals surface area (Å²) in [5, 5.41) is 0. The van der Waals surface area contributed by atoms with Crippen LogP contribution in [0.25, 0.3) is 0 Å². The molecule has 2 fully saturated rings. The van der Waals surface area contributed by atoms with E-state index in [4.69, 9.17) is 5.73 Å². The third kappa shape index (κ3) is 2.03. The number of rotatable bonds is 2. The van der Waals surface area contributed by atoms with Gasteiger partial charge in [-0.25, -0.2) is 0 Å². The van der Waals surface area contributed by atoms with Crippen LogP contribution in [0.1, 0.15) is 33.1 Å². The highest BCUT2D eigenvalue weighted by atomic mass is 16.2. The molecule has 1 aliphatic carbocycles. The first-order chi connectivity index (χ1) is 7.09. The van der Waals surface area contributed by atoms with E-state index < -0.39 is 0 Å². The molecule has 2 rings (SSSR count). The summed E-state index contributed by atoms with van der Waals surface area (Å²) in [4.78, 5) is 14.0. The van der Waals surface area contributed by atoms with Gasteiger partial charge in [-0.1, -0.05) is 20.3 Å². The Bertz CT molecular complexity index is 240. The molecule has 1 heterocycles. The van der Waals surface area contributed by atoms with E-state index in [1.54, 1.807) is 0 Å². The van der Waals surface area contributed by atoms with E-state index in [0.717, 1.165) is 24.9 Å². The molecule has 86 valence electrons. The van der Waals surface area contributed by atoms with E-state index in [9.17, 15) is 4.79 Å². The summed E-state index contributed by atoms with van der Waals surface area (Å²) in [7, 11) is 0. The lowest BCUT2D eigenvalue weighted by Gasteiger charge is -2.23. The number of hydrogen-bond acceptors (Lipinski definition) is 2. The highest BCUT2D eigenvalue weighted by Gasteiger charge is 2.39. The third-order valence-electron chi connectivity index (χ3n) is 4.04. The van der Waals surface area contributed by atoms with Crippen LogP contribution < -0.4 is 5.73 Å². The molecule has 1 saturated carbocycles. The first kappa shape index (κ1) is 10.9. The van der Waals surface area contributed by atoms with Crippen LogP contribution in [0, 0.1) is 17.8 Å². The molecule has 0 radical (unpaired) electrons. The summed E-state index contributed by atoms with van der Waals surface area (Å²) in [6, 6.07) is -0.302. The van der Waals surface area contributed by atoms with Crippen molar-refractivity contribution in [3.63, 3.8) is 0 Å². The molecule has 0 spiro atoms. The van der Waals surface area contributed by atoms with Crippen LogP contribution in [0.5, 0.6) is 0 Å². The van der Waals surface area contributed by atoms with Crippen molar-refractivity contribution in [1.29, 1.82) is 0 Å². The Morgan fingerprint density at radius 2 is 1.80 bits per heavy atom. The molecule has 2 aliphatic rings. The van der Waals surface area contributed by atoms with Crippen LogP contribution >= 0.6 is 0 Å². The first-order valence-electron chi connectivity index (χ1n) is 6.14. The maximum absolute atomic E-state index is 12.0. The van der Waals surface area contributed by atoms with Gasteiger partial charge in [-0.15, -0.1) is 0 Å². The lowest BCUT2D eigenvalue weighted by Crippen LogP contribution is -2.45. The van der Waals surface area contributed by atoms with E-state index in [0.29, 0.717) is 0 Å². The standard InChI is InChI=1S/C12H22N2O/c1-8(2)11(13)12(15)14-6-9-4-3-5-10(9)7-14/h8-11H,3-7,13H2,1-2H3. The van der Waals surface area contributed by atoms with Gasteiger partial charge in [0.15, 0.2) is 0 Å². The zero-order valence-electron chi connectivity index (χ0n) is 9.78. The molecular formula is C12H22N2O. The largest absolute Gasteiger partial charge is 0.341 e. The normalized spacial score (nSPS) is 32.1. The van der Waals surface area contributed by atoms with Crippen molar-refractivity contribution in [3.05, 3.63) is 0 Å². The minimum absolute atomic E-state index is 0.166. The zero-order valence-corrected chi connectivity index (χ0v) is 9.78. The molecule has 3 heteroatoms. The van der Waals surface area contributed by atoms with Gasteiger partial charge in [0, 0.05) is 13.1 Å². The predicted octanol–water partition coefficient (Wildman–Crippen LogP) is 1.23. The number of carbonyl (C=O) groups is 1. The quantitative estimate of drug-likeness (QED) is 0.745. The first-order valence-corrected chi connectivity index (χ1v) is 6.14. The van der Waals surface area contributed by atoms with Crippen LogP contribution in [0.3, 0.4) is 0 Å². The predicted molar refractivity (Wildman–Crippen MR) is 60.2 cm³/mol. The number of likely N-dealkylation sites (tertiary alicyclic amines) is 1. The van der Waals surface area contributed by atoms with E-state index in [-0.39, 0.29) is 17.9 Å². The number of amides is 1. The van der Waals surface area contributed by atoms with Gasteiger partial charge in [0.2, 0.25) is 5.91 Å². The Morgan fingerprint density at radius 1 is 1.27 bits per heavy atom. The van der Waals surface area contributed by atoms with Crippen LogP contribution in [-0.2, 0) is 4.79 Å². The van der Waals surface area contributed by atoms with Gasteiger partial charge in [-0.05, 0) is 30.6 Å². The van der Waals surface area contributed by atoms with Gasteiger partial charge in [0.05, 0.1) is 6.04 Å². The molecule has 3 unspecified atom stereocenters. The maximum atomic E-state index is 12.0. The Labute approximate surface area is 92.0 Å². The molecule has 0 aromatic heterocycles. The number of nitrogens with two attached hydrogens (primary N) is 1. The molecule has 1 saturated heterocycles. The zero-order chi connectivity index (χ0) is 11.0. The summed E-state index contributed by atoms with van der Waals surface area (Å²) in [6.45, 7) is 5.95. The van der Waals surface area contributed by atoms with Gasteiger partial charge in [0.1, 0.15) is 0 Å². The summed E-state index contributed by atoms with van der Waals surface area (Å²) < 4.78 is 0. The minimum atomic E-state index is -0.302. The molecule has 0 aromatic rings. The Balaban J connectivity index is 1.93. The van der Waals surface area contributed by atoms with Crippen molar-refractivity contribution >= 4 is 5.91 Å². The summed E-state index contributed by atoms with van der Waals surface area (Å²) >= 11 is 0. The van der Waals surface area contributed by atoms with E-state index in [1.807, 2.05) is 18.7 Å². The second-order valence-electron chi connectivity index (χ2n) is 5.46. The molecule has 0 aromatic carbocycles. The number of fused-ring (bicyclic) bond motifs is 1. The monoisotopic (exact) mass is 210 g/mol. The van der Waals surface area contributed by atoms with Crippen molar-refractivity contribution in [2.75, 3.05) is 13.1 Å². The number of nitrogens with zero attached hydrogens (tertiary/aromatic N) is 1. The molecule has 1 amide bonds. The highest BCUT2D eigenvalue weighted by Crippen LogP contribution is 2.37. The van der Waals surface area contributed by atoms with Crippen molar-refractivity contribution in [2.24, 2.45) is 23.5 Å². The van der Waals surface area contributed by atoms with Gasteiger partial charge in [0.25, 0.3) is 0 Å². The molecule has 3 nitrogen and oxygen atoms in total. The Kier molecular flexibility index (Phi) is 3.01. The van der Waals surface area contributed by atoms with Crippen LogP contribution in [-0.4, -0.2) is 29.9 Å². The van der Waals surface area contributed by atoms with Crippen molar-refractivity contribution in [2.45, 2.75) is 39.2 Å². The maximum Gasteiger partial charge on any atom is 0.239 e. The molecule has 3 atom stereocenters. The van der Waals surface area contributed by atoms with Crippen LogP contribution in [0.2, 0.25) is 0 Å². The van der Waals surface area contributed by atoms with E-state index in [1.165, 1.54) is 19.3 Å². The smallest absolute Gasteiger partial charge is 0.239 e. The highest BCUT2D eigenvalue weighted by molar-refractivity contribution is 5.82. The molecular weight excluding hydrogens is 188 g/mol. The van der Waals surface area contributed by atoms with Gasteiger partial charge < -0.3 is 10.6 Å². The fourth-order valence-electron chi connectivity index (χ4n) is 2.91.